The molecule has 1 N–H and O–H groups in total. The lowest BCUT2D eigenvalue weighted by molar-refractivity contribution is 0.0105. The SMILES string of the molecule is CCNC(C)c1nnc(CCC2CCCCO2)o1. The van der Waals surface area contributed by atoms with Gasteiger partial charge in [-0.25, -0.2) is 0 Å². The first-order chi connectivity index (χ1) is 8.79. The van der Waals surface area contributed by atoms with Crippen molar-refractivity contribution < 1.29 is 9.15 Å². The highest BCUT2D eigenvalue weighted by atomic mass is 16.5. The number of ether oxygens (including phenoxy) is 1. The number of rotatable bonds is 6. The van der Waals surface area contributed by atoms with Gasteiger partial charge in [0.15, 0.2) is 0 Å². The Morgan fingerprint density at radius 3 is 3.00 bits per heavy atom. The van der Waals surface area contributed by atoms with E-state index in [4.69, 9.17) is 9.15 Å². The quantitative estimate of drug-likeness (QED) is 0.842. The Bertz CT molecular complexity index is 348. The molecule has 0 radical (unpaired) electrons. The summed E-state index contributed by atoms with van der Waals surface area (Å²) in [5.41, 5.74) is 0. The summed E-state index contributed by atoms with van der Waals surface area (Å²) < 4.78 is 11.3. The van der Waals surface area contributed by atoms with Gasteiger partial charge >= 0.3 is 0 Å². The fourth-order valence-electron chi connectivity index (χ4n) is 2.26. The highest BCUT2D eigenvalue weighted by molar-refractivity contribution is 4.88. The summed E-state index contributed by atoms with van der Waals surface area (Å²) in [4.78, 5) is 0. The van der Waals surface area contributed by atoms with Crippen molar-refractivity contribution in [2.75, 3.05) is 13.2 Å². The normalized spacial score (nSPS) is 22.0. The molecule has 0 saturated carbocycles. The molecule has 2 atom stereocenters. The molecule has 0 aromatic carbocycles. The van der Waals surface area contributed by atoms with Crippen LogP contribution in [0.4, 0.5) is 0 Å². The maximum Gasteiger partial charge on any atom is 0.233 e. The second kappa shape index (κ2) is 6.85. The van der Waals surface area contributed by atoms with E-state index in [1.807, 2.05) is 6.92 Å². The van der Waals surface area contributed by atoms with Crippen LogP contribution in [0.5, 0.6) is 0 Å². The molecule has 5 heteroatoms. The molecule has 18 heavy (non-hydrogen) atoms. The van der Waals surface area contributed by atoms with Crippen molar-refractivity contribution in [2.24, 2.45) is 0 Å². The molecule has 1 aromatic rings. The minimum Gasteiger partial charge on any atom is -0.424 e. The Hall–Kier alpha value is -0.940. The van der Waals surface area contributed by atoms with Crippen molar-refractivity contribution in [3.05, 3.63) is 11.8 Å². The average molecular weight is 253 g/mol. The van der Waals surface area contributed by atoms with Crippen molar-refractivity contribution in [1.82, 2.24) is 15.5 Å². The lowest BCUT2D eigenvalue weighted by Gasteiger charge is -2.21. The lowest BCUT2D eigenvalue weighted by atomic mass is 10.0. The Labute approximate surface area is 108 Å². The molecule has 0 spiro atoms. The first kappa shape index (κ1) is 13.5. The standard InChI is InChI=1S/C13H23N3O2/c1-3-14-10(2)13-16-15-12(18-13)8-7-11-6-4-5-9-17-11/h10-11,14H,3-9H2,1-2H3. The van der Waals surface area contributed by atoms with Crippen molar-refractivity contribution in [1.29, 1.82) is 0 Å². The Morgan fingerprint density at radius 2 is 2.28 bits per heavy atom. The highest BCUT2D eigenvalue weighted by Gasteiger charge is 2.17. The van der Waals surface area contributed by atoms with Crippen molar-refractivity contribution in [2.45, 2.75) is 58.1 Å². The Morgan fingerprint density at radius 1 is 1.39 bits per heavy atom. The third-order valence-electron chi connectivity index (χ3n) is 3.32. The van der Waals surface area contributed by atoms with Crippen molar-refractivity contribution in [3.8, 4) is 0 Å². The molecule has 0 aliphatic carbocycles. The molecule has 1 aliphatic rings. The van der Waals surface area contributed by atoms with Crippen LogP contribution in [0, 0.1) is 0 Å². The van der Waals surface area contributed by atoms with Gasteiger partial charge in [-0.2, -0.15) is 0 Å². The van der Waals surface area contributed by atoms with Crippen LogP contribution in [0.2, 0.25) is 0 Å². The monoisotopic (exact) mass is 253 g/mol. The minimum absolute atomic E-state index is 0.127. The van der Waals surface area contributed by atoms with Gasteiger partial charge in [-0.3, -0.25) is 0 Å². The van der Waals surface area contributed by atoms with Crippen molar-refractivity contribution >= 4 is 0 Å². The molecule has 1 aromatic heterocycles. The molecular weight excluding hydrogens is 230 g/mol. The number of nitrogens with one attached hydrogen (secondary N) is 1. The summed E-state index contributed by atoms with van der Waals surface area (Å²) in [6.45, 7) is 5.89. The van der Waals surface area contributed by atoms with Gasteiger partial charge in [0.25, 0.3) is 0 Å². The third-order valence-corrected chi connectivity index (χ3v) is 3.32. The summed E-state index contributed by atoms with van der Waals surface area (Å²) in [6, 6.07) is 0.127. The van der Waals surface area contributed by atoms with E-state index in [1.165, 1.54) is 12.8 Å². The van der Waals surface area contributed by atoms with Crippen LogP contribution in [-0.4, -0.2) is 29.5 Å². The number of hydrogen-bond donors (Lipinski definition) is 1. The molecule has 2 unspecified atom stereocenters. The summed E-state index contributed by atoms with van der Waals surface area (Å²) in [6.07, 6.45) is 5.81. The molecule has 102 valence electrons. The topological polar surface area (TPSA) is 60.2 Å². The van der Waals surface area contributed by atoms with Gasteiger partial charge in [0.1, 0.15) is 0 Å². The molecular formula is C13H23N3O2. The molecule has 1 aliphatic heterocycles. The summed E-state index contributed by atoms with van der Waals surface area (Å²) in [5, 5.41) is 11.4. The largest absolute Gasteiger partial charge is 0.424 e. The van der Waals surface area contributed by atoms with Gasteiger partial charge in [0.05, 0.1) is 12.1 Å². The van der Waals surface area contributed by atoms with Crippen LogP contribution in [-0.2, 0) is 11.2 Å². The van der Waals surface area contributed by atoms with E-state index in [9.17, 15) is 0 Å². The van der Waals surface area contributed by atoms with E-state index in [2.05, 4.69) is 22.4 Å². The van der Waals surface area contributed by atoms with E-state index in [-0.39, 0.29) is 6.04 Å². The van der Waals surface area contributed by atoms with E-state index in [0.717, 1.165) is 38.3 Å². The average Bonchev–Trinajstić information content (AvgIpc) is 2.87. The van der Waals surface area contributed by atoms with Gasteiger partial charge in [-0.05, 0) is 39.2 Å². The van der Waals surface area contributed by atoms with E-state index >= 15 is 0 Å². The fourth-order valence-corrected chi connectivity index (χ4v) is 2.26. The smallest absolute Gasteiger partial charge is 0.233 e. The summed E-state index contributed by atoms with van der Waals surface area (Å²) >= 11 is 0. The van der Waals surface area contributed by atoms with Gasteiger partial charge in [-0.15, -0.1) is 10.2 Å². The minimum atomic E-state index is 0.127. The van der Waals surface area contributed by atoms with E-state index in [0.29, 0.717) is 12.0 Å². The zero-order valence-corrected chi connectivity index (χ0v) is 11.3. The lowest BCUT2D eigenvalue weighted by Crippen LogP contribution is -2.19. The van der Waals surface area contributed by atoms with Gasteiger partial charge in [0, 0.05) is 13.0 Å². The molecule has 5 nitrogen and oxygen atoms in total. The fraction of sp³-hybridized carbons (Fsp3) is 0.846. The van der Waals surface area contributed by atoms with Crippen LogP contribution < -0.4 is 5.32 Å². The van der Waals surface area contributed by atoms with Crippen molar-refractivity contribution in [3.63, 3.8) is 0 Å². The third kappa shape index (κ3) is 3.78. The summed E-state index contributed by atoms with van der Waals surface area (Å²) in [7, 11) is 0. The second-order valence-corrected chi connectivity index (χ2v) is 4.84. The summed E-state index contributed by atoms with van der Waals surface area (Å²) in [5.74, 6) is 1.40. The van der Waals surface area contributed by atoms with E-state index in [1.54, 1.807) is 0 Å². The Kier molecular flexibility index (Phi) is 5.13. The predicted octanol–water partition coefficient (Wildman–Crippen LogP) is 2.24. The molecule has 0 bridgehead atoms. The maximum absolute atomic E-state index is 5.69. The zero-order chi connectivity index (χ0) is 12.8. The number of hydrogen-bond acceptors (Lipinski definition) is 5. The molecule has 1 fully saturated rings. The van der Waals surface area contributed by atoms with Crippen LogP contribution in [0.1, 0.15) is 57.4 Å². The second-order valence-electron chi connectivity index (χ2n) is 4.84. The first-order valence-electron chi connectivity index (χ1n) is 6.97. The number of nitrogens with zero attached hydrogens (tertiary/aromatic N) is 2. The Balaban J connectivity index is 1.79. The zero-order valence-electron chi connectivity index (χ0n) is 11.3. The number of aromatic nitrogens is 2. The molecule has 2 heterocycles. The maximum atomic E-state index is 5.69. The predicted molar refractivity (Wildman–Crippen MR) is 68.3 cm³/mol. The number of aryl methyl sites for hydroxylation is 1. The van der Waals surface area contributed by atoms with Crippen LogP contribution >= 0.6 is 0 Å². The van der Waals surface area contributed by atoms with Gasteiger partial charge in [-0.1, -0.05) is 6.92 Å². The van der Waals surface area contributed by atoms with Crippen LogP contribution in [0.25, 0.3) is 0 Å². The molecule has 0 amide bonds. The first-order valence-corrected chi connectivity index (χ1v) is 6.97. The molecule has 2 rings (SSSR count). The van der Waals surface area contributed by atoms with Gasteiger partial charge in [0.2, 0.25) is 11.8 Å². The van der Waals surface area contributed by atoms with Crippen LogP contribution in [0.15, 0.2) is 4.42 Å². The molecule has 1 saturated heterocycles. The van der Waals surface area contributed by atoms with E-state index < -0.39 is 0 Å². The van der Waals surface area contributed by atoms with Gasteiger partial charge < -0.3 is 14.5 Å². The highest BCUT2D eigenvalue weighted by Crippen LogP contribution is 2.18. The van der Waals surface area contributed by atoms with Crippen LogP contribution in [0.3, 0.4) is 0 Å².